The van der Waals surface area contributed by atoms with Gasteiger partial charge in [-0.05, 0) is 0 Å². The minimum absolute atomic E-state index is 0. The van der Waals surface area contributed by atoms with Crippen LogP contribution in [0.5, 0.6) is 0 Å². The zero-order valence-electron chi connectivity index (χ0n) is 7.41. The number of hydrogen-bond donors (Lipinski definition) is 2. The Bertz CT molecular complexity index is 170. The smallest absolute Gasteiger partial charge is 0.0320 e. The number of nitrogens with one attached hydrogen (secondary N) is 2. The van der Waals surface area contributed by atoms with Crippen molar-refractivity contribution in [1.29, 1.82) is 0 Å². The second kappa shape index (κ2) is 11.5. The maximum Gasteiger partial charge on any atom is 0.0320 e. The molecule has 0 saturated heterocycles. The van der Waals surface area contributed by atoms with Crippen molar-refractivity contribution in [2.75, 3.05) is 13.2 Å². The molecule has 94 valence electrons. The van der Waals surface area contributed by atoms with Crippen LogP contribution in [0.1, 0.15) is 0 Å². The summed E-state index contributed by atoms with van der Waals surface area (Å²) in [4.78, 5) is 18.9. The van der Waals surface area contributed by atoms with Gasteiger partial charge in [0, 0.05) is 45.6 Å². The Morgan fingerprint density at radius 1 is 1.00 bits per heavy atom. The molecule has 0 aromatic carbocycles. The summed E-state index contributed by atoms with van der Waals surface area (Å²) in [6.45, 7) is -1.36. The first-order valence-corrected chi connectivity index (χ1v) is 3.42. The predicted octanol–water partition coefficient (Wildman–Crippen LogP) is -3.70. The summed E-state index contributed by atoms with van der Waals surface area (Å²) in [5.41, 5.74) is 12.7. The van der Waals surface area contributed by atoms with Crippen LogP contribution >= 0.6 is 0 Å². The van der Waals surface area contributed by atoms with E-state index in [2.05, 4.69) is 0 Å². The van der Waals surface area contributed by atoms with Gasteiger partial charge in [-0.1, -0.05) is 12.1 Å². The third-order valence-electron chi connectivity index (χ3n) is 0.934. The van der Waals surface area contributed by atoms with Crippen LogP contribution in [0, 0.1) is 0 Å². The van der Waals surface area contributed by atoms with Crippen LogP contribution in [0.15, 0.2) is 0 Å². The van der Waals surface area contributed by atoms with Crippen molar-refractivity contribution in [1.82, 2.24) is 0 Å². The van der Waals surface area contributed by atoms with Crippen LogP contribution in [-0.4, -0.2) is 47.4 Å². The SMILES string of the molecule is [NH-]C(CO)C(=O)[O-].[NH-]C(CO)C(=O)[O-].[Pd]. The van der Waals surface area contributed by atoms with E-state index in [1.165, 1.54) is 0 Å². The van der Waals surface area contributed by atoms with Gasteiger partial charge in [-0.3, -0.25) is 0 Å². The van der Waals surface area contributed by atoms with Crippen molar-refractivity contribution in [3.05, 3.63) is 11.5 Å². The van der Waals surface area contributed by atoms with E-state index in [1.807, 2.05) is 0 Å². The van der Waals surface area contributed by atoms with Crippen LogP contribution in [0.4, 0.5) is 0 Å². The third kappa shape index (κ3) is 13.4. The summed E-state index contributed by atoms with van der Waals surface area (Å²) in [7, 11) is 0. The van der Waals surface area contributed by atoms with Gasteiger partial charge < -0.3 is 41.5 Å². The molecule has 0 saturated carbocycles. The Morgan fingerprint density at radius 3 is 1.20 bits per heavy atom. The van der Waals surface area contributed by atoms with Gasteiger partial charge >= 0.3 is 0 Å². The van der Waals surface area contributed by atoms with Gasteiger partial charge in [0.2, 0.25) is 0 Å². The Morgan fingerprint density at radius 2 is 1.20 bits per heavy atom. The molecule has 15 heavy (non-hydrogen) atoms. The maximum absolute atomic E-state index is 9.47. The van der Waals surface area contributed by atoms with Gasteiger partial charge in [-0.2, -0.15) is 0 Å². The van der Waals surface area contributed by atoms with E-state index in [1.54, 1.807) is 0 Å². The van der Waals surface area contributed by atoms with Gasteiger partial charge in [0.1, 0.15) is 0 Å². The van der Waals surface area contributed by atoms with E-state index >= 15 is 0 Å². The van der Waals surface area contributed by atoms with E-state index in [-0.39, 0.29) is 20.4 Å². The number of aliphatic hydroxyl groups excluding tert-OH is 2. The zero-order chi connectivity index (χ0) is 11.7. The van der Waals surface area contributed by atoms with E-state index < -0.39 is 37.2 Å². The van der Waals surface area contributed by atoms with Gasteiger partial charge in [0.15, 0.2) is 0 Å². The van der Waals surface area contributed by atoms with Crippen LogP contribution in [-0.2, 0) is 30.0 Å². The molecule has 0 spiro atoms. The summed E-state index contributed by atoms with van der Waals surface area (Å²) >= 11 is 0. The minimum atomic E-state index is -1.54. The average molecular weight is 313 g/mol. The van der Waals surface area contributed by atoms with Gasteiger partial charge in [0.05, 0.1) is 0 Å². The summed E-state index contributed by atoms with van der Waals surface area (Å²) < 4.78 is 0. The summed E-state index contributed by atoms with van der Waals surface area (Å²) in [6, 6.07) is -2.97. The van der Waals surface area contributed by atoms with E-state index in [4.69, 9.17) is 21.7 Å². The Kier molecular flexibility index (Phi) is 15.3. The largest absolute Gasteiger partial charge is 0.668 e. The quantitative estimate of drug-likeness (QED) is 0.506. The molecule has 2 unspecified atom stereocenters. The standard InChI is InChI=1S/2C3H6NO3.Pd/c2*4-2(1-5)3(6)7;/h2*2,4-5H,1H2,(H,6,7);/q2*-1;/p-2. The number of hydrogen-bond acceptors (Lipinski definition) is 6. The molecule has 4 N–H and O–H groups in total. The molecular weight excluding hydrogens is 302 g/mol. The molecule has 0 rings (SSSR count). The first kappa shape index (κ1) is 19.9. The Labute approximate surface area is 99.5 Å². The minimum Gasteiger partial charge on any atom is -0.668 e. The van der Waals surface area contributed by atoms with Crippen molar-refractivity contribution in [2.24, 2.45) is 0 Å². The molecule has 2 atom stereocenters. The first-order chi connectivity index (χ1) is 6.36. The molecule has 0 aliphatic heterocycles. The number of aliphatic hydroxyl groups is 2. The molecule has 0 aliphatic rings. The van der Waals surface area contributed by atoms with Gasteiger partial charge in [0.25, 0.3) is 0 Å². The Hall–Kier alpha value is -0.558. The zero-order valence-corrected chi connectivity index (χ0v) is 8.97. The molecule has 0 aliphatic carbocycles. The predicted molar refractivity (Wildman–Crippen MR) is 40.4 cm³/mol. The average Bonchev–Trinajstić information content (AvgIpc) is 2.15. The second-order valence-corrected chi connectivity index (χ2v) is 2.11. The van der Waals surface area contributed by atoms with E-state index in [0.29, 0.717) is 0 Å². The molecule has 0 aromatic heterocycles. The van der Waals surface area contributed by atoms with Crippen LogP contribution in [0.2, 0.25) is 0 Å². The number of carbonyl (C=O) groups excluding carboxylic acids is 2. The van der Waals surface area contributed by atoms with Crippen LogP contribution < -0.4 is 10.2 Å². The Balaban J connectivity index is -0.000000180. The number of carboxylic acid groups (broad SMARTS) is 2. The van der Waals surface area contributed by atoms with Gasteiger partial charge in [-0.15, -0.1) is 0 Å². The summed E-state index contributed by atoms with van der Waals surface area (Å²) in [5.74, 6) is -3.08. The second-order valence-electron chi connectivity index (χ2n) is 2.11. The van der Waals surface area contributed by atoms with Crippen LogP contribution in [0.25, 0.3) is 11.5 Å². The summed E-state index contributed by atoms with van der Waals surface area (Å²) in [6.07, 6.45) is 0. The fraction of sp³-hybridized carbons (Fsp3) is 0.667. The number of aliphatic carboxylic acids is 2. The monoisotopic (exact) mass is 312 g/mol. The number of carbonyl (C=O) groups is 2. The molecule has 0 aromatic rings. The molecule has 8 nitrogen and oxygen atoms in total. The molecule has 0 radical (unpaired) electrons. The van der Waals surface area contributed by atoms with Crippen molar-refractivity contribution in [2.45, 2.75) is 12.1 Å². The van der Waals surface area contributed by atoms with E-state index in [0.717, 1.165) is 0 Å². The fourth-order valence-electron chi connectivity index (χ4n) is 0.149. The molecular formula is C6H10N2O6Pd-4. The van der Waals surface area contributed by atoms with Crippen molar-refractivity contribution in [3.63, 3.8) is 0 Å². The van der Waals surface area contributed by atoms with Crippen LogP contribution in [0.3, 0.4) is 0 Å². The van der Waals surface area contributed by atoms with Crippen molar-refractivity contribution < 1.29 is 50.4 Å². The van der Waals surface area contributed by atoms with Crippen molar-refractivity contribution in [3.8, 4) is 0 Å². The molecule has 0 heterocycles. The molecule has 9 heteroatoms. The third-order valence-corrected chi connectivity index (χ3v) is 0.934. The molecule has 0 fully saturated rings. The summed E-state index contributed by atoms with van der Waals surface area (Å²) in [5, 5.41) is 34.7. The molecule has 0 bridgehead atoms. The topological polar surface area (TPSA) is 168 Å². The number of carboxylic acids is 2. The fourth-order valence-corrected chi connectivity index (χ4v) is 0.149. The first-order valence-electron chi connectivity index (χ1n) is 3.42. The normalized spacial score (nSPS) is 12.5. The maximum atomic E-state index is 9.47. The molecule has 0 amide bonds. The van der Waals surface area contributed by atoms with Gasteiger partial charge in [-0.25, -0.2) is 0 Å². The number of rotatable bonds is 4. The van der Waals surface area contributed by atoms with Crippen molar-refractivity contribution >= 4 is 11.9 Å². The van der Waals surface area contributed by atoms with E-state index in [9.17, 15) is 19.8 Å².